The summed E-state index contributed by atoms with van der Waals surface area (Å²) in [6.07, 6.45) is 8.92. The Morgan fingerprint density at radius 1 is 1.04 bits per heavy atom. The minimum Gasteiger partial charge on any atom is -0.492 e. The lowest BCUT2D eigenvalue weighted by atomic mass is 9.87. The molecule has 8 heterocycles. The number of ether oxygens (including phenoxy) is 3. The predicted molar refractivity (Wildman–Crippen MR) is 175 cm³/mol. The van der Waals surface area contributed by atoms with Crippen LogP contribution in [-0.2, 0) is 11.3 Å². The molecule has 4 aliphatic rings. The van der Waals surface area contributed by atoms with Gasteiger partial charge in [-0.2, -0.15) is 10.4 Å². The zero-order valence-electron chi connectivity index (χ0n) is 27.3. The number of piperidine rings is 1. The fourth-order valence-corrected chi connectivity index (χ4v) is 6.75. The lowest BCUT2D eigenvalue weighted by Gasteiger charge is -2.56. The number of methoxy groups -OCH3 is 1. The summed E-state index contributed by atoms with van der Waals surface area (Å²) in [4.78, 5) is 28.1. The second kappa shape index (κ2) is 12.4. The molecule has 0 radical (unpaired) electrons. The minimum absolute atomic E-state index is 0.266. The molecule has 4 fully saturated rings. The molecule has 2 atom stereocenters. The number of carbonyl (C=O) groups is 1. The van der Waals surface area contributed by atoms with E-state index in [1.807, 2.05) is 51.5 Å². The van der Waals surface area contributed by atoms with Crippen molar-refractivity contribution in [1.82, 2.24) is 29.4 Å². The molecule has 0 N–H and O–H groups in total. The lowest BCUT2D eigenvalue weighted by molar-refractivity contribution is -0.00877. The second-order valence-corrected chi connectivity index (χ2v) is 13.7. The number of rotatable bonds is 9. The maximum absolute atomic E-state index is 12.2. The summed E-state index contributed by atoms with van der Waals surface area (Å²) in [5.74, 6) is 2.61. The predicted octanol–water partition coefficient (Wildman–Crippen LogP) is 4.77. The number of hydrogen-bond donors (Lipinski definition) is 0. The van der Waals surface area contributed by atoms with Crippen molar-refractivity contribution in [2.75, 3.05) is 44.8 Å². The third-order valence-electron chi connectivity index (χ3n) is 9.21. The minimum atomic E-state index is -0.498. The van der Waals surface area contributed by atoms with E-state index in [0.717, 1.165) is 48.5 Å². The molecule has 244 valence electrons. The van der Waals surface area contributed by atoms with Gasteiger partial charge in [0.2, 0.25) is 5.88 Å². The third kappa shape index (κ3) is 6.40. The smallest absolute Gasteiger partial charge is 0.410 e. The zero-order chi connectivity index (χ0) is 32.7. The molecule has 0 aliphatic carbocycles. The first-order valence-corrected chi connectivity index (χ1v) is 16.2. The van der Waals surface area contributed by atoms with Gasteiger partial charge in [0.25, 0.3) is 0 Å². The zero-order valence-corrected chi connectivity index (χ0v) is 27.3. The highest BCUT2D eigenvalue weighted by Crippen LogP contribution is 2.37. The number of amides is 1. The monoisotopic (exact) mass is 636 g/mol. The molecule has 12 heteroatoms. The summed E-state index contributed by atoms with van der Waals surface area (Å²) in [5, 5.41) is 14.2. The van der Waals surface area contributed by atoms with E-state index in [9.17, 15) is 10.1 Å². The fraction of sp³-hybridized carbons (Fsp3) is 0.457. The summed E-state index contributed by atoms with van der Waals surface area (Å²) in [6.45, 7) is 10.2. The highest BCUT2D eigenvalue weighted by atomic mass is 16.6. The lowest BCUT2D eigenvalue weighted by Crippen LogP contribution is -2.68. The molecule has 2 bridgehead atoms. The van der Waals surface area contributed by atoms with Gasteiger partial charge in [-0.3, -0.25) is 4.90 Å². The molecule has 0 aromatic carbocycles. The van der Waals surface area contributed by atoms with Crippen molar-refractivity contribution in [2.24, 2.45) is 5.92 Å². The Bertz CT molecular complexity index is 1780. The van der Waals surface area contributed by atoms with Gasteiger partial charge in [0.05, 0.1) is 37.2 Å². The van der Waals surface area contributed by atoms with Crippen LogP contribution in [0.15, 0.2) is 55.1 Å². The Labute approximate surface area is 274 Å². The summed E-state index contributed by atoms with van der Waals surface area (Å²) in [6, 6.07) is 13.3. The average Bonchev–Trinajstić information content (AvgIpc) is 3.47. The number of nitrogens with zero attached hydrogens (tertiary/aromatic N) is 8. The molecule has 4 aromatic rings. The molecule has 0 spiro atoms. The molecule has 4 saturated heterocycles. The number of anilines is 1. The van der Waals surface area contributed by atoms with Gasteiger partial charge in [-0.15, -0.1) is 0 Å². The molecule has 12 nitrogen and oxygen atoms in total. The van der Waals surface area contributed by atoms with Gasteiger partial charge < -0.3 is 24.0 Å². The van der Waals surface area contributed by atoms with E-state index < -0.39 is 5.60 Å². The molecular weight excluding hydrogens is 596 g/mol. The van der Waals surface area contributed by atoms with E-state index >= 15 is 0 Å². The van der Waals surface area contributed by atoms with Crippen molar-refractivity contribution < 1.29 is 19.0 Å². The molecule has 4 aromatic heterocycles. The summed E-state index contributed by atoms with van der Waals surface area (Å²) >= 11 is 0. The van der Waals surface area contributed by atoms with Crippen LogP contribution in [0.5, 0.6) is 11.6 Å². The molecule has 47 heavy (non-hydrogen) atoms. The van der Waals surface area contributed by atoms with E-state index in [-0.39, 0.29) is 6.09 Å². The topological polar surface area (TPSA) is 121 Å². The number of nitriles is 1. The van der Waals surface area contributed by atoms with Gasteiger partial charge >= 0.3 is 6.09 Å². The maximum Gasteiger partial charge on any atom is 0.410 e. The largest absolute Gasteiger partial charge is 0.492 e. The number of pyridine rings is 3. The Morgan fingerprint density at radius 2 is 1.85 bits per heavy atom. The van der Waals surface area contributed by atoms with Crippen molar-refractivity contribution in [2.45, 2.75) is 57.8 Å². The van der Waals surface area contributed by atoms with Crippen molar-refractivity contribution in [3.8, 4) is 28.8 Å². The first-order valence-electron chi connectivity index (χ1n) is 16.2. The van der Waals surface area contributed by atoms with Crippen LogP contribution >= 0.6 is 0 Å². The number of fused-ring (bicyclic) bond motifs is 3. The van der Waals surface area contributed by atoms with Crippen molar-refractivity contribution >= 4 is 17.4 Å². The van der Waals surface area contributed by atoms with Gasteiger partial charge in [-0.25, -0.2) is 19.3 Å². The van der Waals surface area contributed by atoms with Crippen LogP contribution < -0.4 is 14.4 Å². The molecular formula is C35H40N8O4. The Kier molecular flexibility index (Phi) is 8.09. The van der Waals surface area contributed by atoms with Gasteiger partial charge in [-0.1, -0.05) is 6.07 Å². The highest BCUT2D eigenvalue weighted by Gasteiger charge is 2.44. The SMILES string of the molecule is COc1ccc(CN2C3CC2CN(c2ccc(-c4cc(OCCC5CN(C(=O)OC(C)(C)C)C5)cn5ncc(C#N)c45)cn2)C3)cn1. The van der Waals surface area contributed by atoms with Crippen LogP contribution in [0.2, 0.25) is 0 Å². The molecule has 4 aliphatic heterocycles. The third-order valence-corrected chi connectivity index (χ3v) is 9.21. The van der Waals surface area contributed by atoms with Crippen LogP contribution in [0.4, 0.5) is 10.6 Å². The summed E-state index contributed by atoms with van der Waals surface area (Å²) in [5.41, 5.74) is 3.65. The first kappa shape index (κ1) is 30.7. The van der Waals surface area contributed by atoms with Crippen LogP contribution in [0, 0.1) is 17.2 Å². The Balaban J connectivity index is 0.989. The van der Waals surface area contributed by atoms with Crippen LogP contribution in [0.25, 0.3) is 16.6 Å². The maximum atomic E-state index is 12.2. The van der Waals surface area contributed by atoms with E-state index in [0.29, 0.717) is 54.9 Å². The van der Waals surface area contributed by atoms with E-state index in [1.54, 1.807) is 22.7 Å². The molecule has 2 unspecified atom stereocenters. The second-order valence-electron chi connectivity index (χ2n) is 13.7. The number of piperazine rings is 1. The normalized spacial score (nSPS) is 19.6. The van der Waals surface area contributed by atoms with E-state index in [4.69, 9.17) is 19.2 Å². The van der Waals surface area contributed by atoms with Crippen LogP contribution in [0.1, 0.15) is 44.7 Å². The van der Waals surface area contributed by atoms with E-state index in [2.05, 4.69) is 44.2 Å². The first-order chi connectivity index (χ1) is 22.7. The number of hydrogen-bond acceptors (Lipinski definition) is 10. The quantitative estimate of drug-likeness (QED) is 0.254. The standard InChI is InChI=1S/C35H40N8O4/c1-35(2,3)47-34(44)41-17-24(18-41)9-10-46-29-12-30(33-26(13-36)16-39-43(33)22-29)25-6-7-31(37-15-25)40-20-27-11-28(21-40)42(27)19-23-5-8-32(45-4)38-14-23/h5-8,12,14-16,22,24,27-28H,9-11,17-21H2,1-4H3. The van der Waals surface area contributed by atoms with Gasteiger partial charge in [0, 0.05) is 74.4 Å². The molecule has 8 rings (SSSR count). The van der Waals surface area contributed by atoms with Crippen LogP contribution in [0.3, 0.4) is 0 Å². The number of carbonyl (C=O) groups excluding carboxylic acids is 1. The summed E-state index contributed by atoms with van der Waals surface area (Å²) in [7, 11) is 1.63. The Morgan fingerprint density at radius 3 is 2.51 bits per heavy atom. The number of aromatic nitrogens is 4. The van der Waals surface area contributed by atoms with Gasteiger partial charge in [-0.05, 0) is 63.3 Å². The van der Waals surface area contributed by atoms with Crippen molar-refractivity contribution in [3.63, 3.8) is 0 Å². The van der Waals surface area contributed by atoms with Crippen LogP contribution in [-0.4, -0.2) is 93.1 Å². The van der Waals surface area contributed by atoms with Gasteiger partial charge in [0.1, 0.15) is 23.2 Å². The van der Waals surface area contributed by atoms with Crippen molar-refractivity contribution in [1.29, 1.82) is 5.26 Å². The number of likely N-dealkylation sites (tertiary alicyclic amines) is 1. The summed E-state index contributed by atoms with van der Waals surface area (Å²) < 4.78 is 18.5. The molecule has 1 amide bonds. The van der Waals surface area contributed by atoms with Gasteiger partial charge in [0.15, 0.2) is 0 Å². The van der Waals surface area contributed by atoms with E-state index in [1.165, 1.54) is 12.0 Å². The fourth-order valence-electron chi connectivity index (χ4n) is 6.75. The van der Waals surface area contributed by atoms with Crippen molar-refractivity contribution in [3.05, 3.63) is 66.2 Å². The molecule has 0 saturated carbocycles. The Hall–Kier alpha value is -4.89. The average molecular weight is 637 g/mol. The highest BCUT2D eigenvalue weighted by molar-refractivity contribution is 5.85.